The standard InChI is InChI=1S/C19H17N3O6/c23-18-8-12(19(24)20-13-2-1-3-15(9-13)22(25)26)11-21(18)14-4-5-16-17(10-14)28-7-6-27-16/h1-5,9-10,12H,6-8,11H2,(H,20,24)/t12-/m0/s1. The van der Waals surface area contributed by atoms with Gasteiger partial charge >= 0.3 is 0 Å². The number of benzene rings is 2. The summed E-state index contributed by atoms with van der Waals surface area (Å²) in [5, 5.41) is 13.5. The lowest BCUT2D eigenvalue weighted by Crippen LogP contribution is -2.28. The monoisotopic (exact) mass is 383 g/mol. The maximum Gasteiger partial charge on any atom is 0.271 e. The third kappa shape index (κ3) is 3.46. The summed E-state index contributed by atoms with van der Waals surface area (Å²) in [5.74, 6) is 0.118. The van der Waals surface area contributed by atoms with Gasteiger partial charge in [0.1, 0.15) is 13.2 Å². The van der Waals surface area contributed by atoms with E-state index in [1.807, 2.05) is 0 Å². The molecule has 2 aromatic rings. The second-order valence-electron chi connectivity index (χ2n) is 6.53. The van der Waals surface area contributed by atoms with Crippen LogP contribution in [-0.4, -0.2) is 36.5 Å². The first kappa shape index (κ1) is 17.8. The van der Waals surface area contributed by atoms with Crippen LogP contribution in [0, 0.1) is 16.0 Å². The number of nitrogens with one attached hydrogen (secondary N) is 1. The Morgan fingerprint density at radius 2 is 1.93 bits per heavy atom. The van der Waals surface area contributed by atoms with Crippen LogP contribution >= 0.6 is 0 Å². The molecule has 1 fully saturated rings. The van der Waals surface area contributed by atoms with Crippen molar-refractivity contribution in [3.05, 3.63) is 52.6 Å². The van der Waals surface area contributed by atoms with E-state index in [1.54, 1.807) is 24.3 Å². The Kier molecular flexibility index (Phi) is 4.56. The molecule has 0 unspecified atom stereocenters. The molecule has 2 aliphatic rings. The van der Waals surface area contributed by atoms with Crippen LogP contribution in [0.3, 0.4) is 0 Å². The maximum absolute atomic E-state index is 12.5. The molecule has 144 valence electrons. The number of amides is 2. The number of carbonyl (C=O) groups is 2. The number of non-ortho nitro benzene ring substituents is 1. The van der Waals surface area contributed by atoms with Gasteiger partial charge in [0, 0.05) is 42.5 Å². The van der Waals surface area contributed by atoms with Gasteiger partial charge in [0.05, 0.1) is 10.8 Å². The molecule has 9 nitrogen and oxygen atoms in total. The summed E-state index contributed by atoms with van der Waals surface area (Å²) in [6.07, 6.45) is 0.0647. The van der Waals surface area contributed by atoms with Crippen LogP contribution in [0.1, 0.15) is 6.42 Å². The maximum atomic E-state index is 12.5. The van der Waals surface area contributed by atoms with Crippen molar-refractivity contribution in [1.82, 2.24) is 0 Å². The Bertz CT molecular complexity index is 960. The first-order chi connectivity index (χ1) is 13.5. The molecule has 0 spiro atoms. The minimum atomic E-state index is -0.556. The van der Waals surface area contributed by atoms with E-state index in [0.29, 0.717) is 36.1 Å². The molecule has 1 saturated heterocycles. The zero-order valence-electron chi connectivity index (χ0n) is 14.8. The molecular weight excluding hydrogens is 366 g/mol. The predicted octanol–water partition coefficient (Wildman–Crippen LogP) is 2.36. The van der Waals surface area contributed by atoms with Crippen LogP contribution in [0.4, 0.5) is 17.1 Å². The van der Waals surface area contributed by atoms with E-state index >= 15 is 0 Å². The highest BCUT2D eigenvalue weighted by Gasteiger charge is 2.35. The second-order valence-corrected chi connectivity index (χ2v) is 6.53. The number of hydrogen-bond acceptors (Lipinski definition) is 6. The van der Waals surface area contributed by atoms with Gasteiger partial charge in [-0.25, -0.2) is 0 Å². The number of nitrogens with zero attached hydrogens (tertiary/aromatic N) is 2. The molecule has 1 atom stereocenters. The number of anilines is 2. The van der Waals surface area contributed by atoms with Gasteiger partial charge in [-0.15, -0.1) is 0 Å². The zero-order valence-corrected chi connectivity index (χ0v) is 14.8. The highest BCUT2D eigenvalue weighted by molar-refractivity contribution is 6.03. The fourth-order valence-corrected chi connectivity index (χ4v) is 3.27. The van der Waals surface area contributed by atoms with E-state index in [-0.39, 0.29) is 30.5 Å². The Morgan fingerprint density at radius 1 is 1.14 bits per heavy atom. The van der Waals surface area contributed by atoms with E-state index in [4.69, 9.17) is 9.47 Å². The van der Waals surface area contributed by atoms with E-state index in [0.717, 1.165) is 0 Å². The Hall–Kier alpha value is -3.62. The van der Waals surface area contributed by atoms with Crippen LogP contribution < -0.4 is 19.7 Å². The summed E-state index contributed by atoms with van der Waals surface area (Å²) in [6, 6.07) is 10.9. The smallest absolute Gasteiger partial charge is 0.271 e. The summed E-state index contributed by atoms with van der Waals surface area (Å²) in [7, 11) is 0. The molecule has 4 rings (SSSR count). The molecule has 2 aliphatic heterocycles. The fourth-order valence-electron chi connectivity index (χ4n) is 3.27. The predicted molar refractivity (Wildman–Crippen MR) is 99.6 cm³/mol. The van der Waals surface area contributed by atoms with Gasteiger partial charge in [-0.05, 0) is 18.2 Å². The molecule has 2 heterocycles. The molecule has 0 aliphatic carbocycles. The average molecular weight is 383 g/mol. The molecule has 9 heteroatoms. The Labute approximate surface area is 160 Å². The third-order valence-electron chi connectivity index (χ3n) is 4.66. The minimum absolute atomic E-state index is 0.0647. The van der Waals surface area contributed by atoms with Crippen molar-refractivity contribution in [1.29, 1.82) is 0 Å². The quantitative estimate of drug-likeness (QED) is 0.641. The van der Waals surface area contributed by atoms with Gasteiger partial charge in [0.15, 0.2) is 11.5 Å². The number of hydrogen-bond donors (Lipinski definition) is 1. The van der Waals surface area contributed by atoms with Gasteiger partial charge < -0.3 is 19.7 Å². The van der Waals surface area contributed by atoms with Crippen LogP contribution in [0.5, 0.6) is 11.5 Å². The van der Waals surface area contributed by atoms with Crippen molar-refractivity contribution in [3.63, 3.8) is 0 Å². The van der Waals surface area contributed by atoms with Gasteiger partial charge in [-0.2, -0.15) is 0 Å². The topological polar surface area (TPSA) is 111 Å². The molecule has 2 amide bonds. The average Bonchev–Trinajstić information content (AvgIpc) is 3.09. The van der Waals surface area contributed by atoms with Crippen molar-refractivity contribution >= 4 is 28.9 Å². The second kappa shape index (κ2) is 7.18. The van der Waals surface area contributed by atoms with Crippen molar-refractivity contribution in [2.75, 3.05) is 30.0 Å². The van der Waals surface area contributed by atoms with Gasteiger partial charge in [-0.1, -0.05) is 6.07 Å². The summed E-state index contributed by atoms with van der Waals surface area (Å²) < 4.78 is 11.0. The molecule has 1 N–H and O–H groups in total. The summed E-state index contributed by atoms with van der Waals surface area (Å²) in [5.41, 5.74) is 0.850. The minimum Gasteiger partial charge on any atom is -0.486 e. The van der Waals surface area contributed by atoms with Crippen molar-refractivity contribution < 1.29 is 24.0 Å². The van der Waals surface area contributed by atoms with Crippen molar-refractivity contribution in [2.45, 2.75) is 6.42 Å². The number of rotatable bonds is 4. The van der Waals surface area contributed by atoms with Gasteiger partial charge in [-0.3, -0.25) is 19.7 Å². The van der Waals surface area contributed by atoms with E-state index < -0.39 is 10.8 Å². The lowest BCUT2D eigenvalue weighted by Gasteiger charge is -2.22. The lowest BCUT2D eigenvalue weighted by molar-refractivity contribution is -0.384. The Balaban J connectivity index is 1.46. The first-order valence-corrected chi connectivity index (χ1v) is 8.76. The van der Waals surface area contributed by atoms with E-state index in [1.165, 1.54) is 23.1 Å². The van der Waals surface area contributed by atoms with Crippen LogP contribution in [0.25, 0.3) is 0 Å². The molecule has 2 aromatic carbocycles. The number of nitro groups is 1. The largest absolute Gasteiger partial charge is 0.486 e. The van der Waals surface area contributed by atoms with Crippen molar-refractivity contribution in [3.8, 4) is 11.5 Å². The molecule has 0 saturated carbocycles. The SMILES string of the molecule is O=C(Nc1cccc([N+](=O)[O-])c1)[C@H]1CC(=O)N(c2ccc3c(c2)OCCO3)C1. The van der Waals surface area contributed by atoms with Gasteiger partial charge in [0.25, 0.3) is 5.69 Å². The molecule has 0 bridgehead atoms. The first-order valence-electron chi connectivity index (χ1n) is 8.76. The van der Waals surface area contributed by atoms with Crippen molar-refractivity contribution in [2.24, 2.45) is 5.92 Å². The molecular formula is C19H17N3O6. The van der Waals surface area contributed by atoms with Gasteiger partial charge in [0.2, 0.25) is 11.8 Å². The zero-order chi connectivity index (χ0) is 19.7. The van der Waals surface area contributed by atoms with Crippen LogP contribution in [0.15, 0.2) is 42.5 Å². The molecule has 28 heavy (non-hydrogen) atoms. The van der Waals surface area contributed by atoms with Crippen LogP contribution in [0.2, 0.25) is 0 Å². The summed E-state index contributed by atoms with van der Waals surface area (Å²) >= 11 is 0. The number of fused-ring (bicyclic) bond motifs is 1. The Morgan fingerprint density at radius 3 is 2.71 bits per heavy atom. The highest BCUT2D eigenvalue weighted by Crippen LogP contribution is 2.36. The van der Waals surface area contributed by atoms with E-state index in [9.17, 15) is 19.7 Å². The number of nitro benzene ring substituents is 1. The highest BCUT2D eigenvalue weighted by atomic mass is 16.6. The number of carbonyl (C=O) groups excluding carboxylic acids is 2. The normalized spacial score (nSPS) is 18.1. The number of ether oxygens (including phenoxy) is 2. The summed E-state index contributed by atoms with van der Waals surface area (Å²) in [6.45, 7) is 1.15. The lowest BCUT2D eigenvalue weighted by atomic mass is 10.1. The van der Waals surface area contributed by atoms with E-state index in [2.05, 4.69) is 5.32 Å². The third-order valence-corrected chi connectivity index (χ3v) is 4.66. The summed E-state index contributed by atoms with van der Waals surface area (Å²) in [4.78, 5) is 36.9. The fraction of sp³-hybridized carbons (Fsp3) is 0.263. The molecule has 0 aromatic heterocycles. The molecule has 0 radical (unpaired) electrons. The van der Waals surface area contributed by atoms with Crippen LogP contribution in [-0.2, 0) is 9.59 Å².